The molecule has 2 heterocycles. The number of aromatic nitrogens is 2. The maximum Gasteiger partial charge on any atom is 0.240 e. The van der Waals surface area contributed by atoms with Crippen molar-refractivity contribution < 1.29 is 4.79 Å². The highest BCUT2D eigenvalue weighted by Gasteiger charge is 2.28. The van der Waals surface area contributed by atoms with Gasteiger partial charge in [-0.2, -0.15) is 0 Å². The zero-order chi connectivity index (χ0) is 14.5. The first-order chi connectivity index (χ1) is 9.65. The summed E-state index contributed by atoms with van der Waals surface area (Å²) in [5, 5.41) is 3.06. The number of hydrogen-bond donors (Lipinski definition) is 2. The maximum absolute atomic E-state index is 11.6. The number of anilines is 2. The van der Waals surface area contributed by atoms with Crippen LogP contribution in [0.5, 0.6) is 0 Å². The van der Waals surface area contributed by atoms with E-state index >= 15 is 0 Å². The lowest BCUT2D eigenvalue weighted by Crippen LogP contribution is -2.48. The Kier molecular flexibility index (Phi) is 4.76. The Labute approximate surface area is 119 Å². The van der Waals surface area contributed by atoms with Gasteiger partial charge in [-0.25, -0.2) is 9.97 Å². The highest BCUT2D eigenvalue weighted by molar-refractivity contribution is 5.83. The summed E-state index contributed by atoms with van der Waals surface area (Å²) in [4.78, 5) is 22.7. The average molecular weight is 277 g/mol. The van der Waals surface area contributed by atoms with E-state index in [1.54, 1.807) is 0 Å². The Bertz CT molecular complexity index is 477. The highest BCUT2D eigenvalue weighted by atomic mass is 16.1. The molecule has 1 saturated heterocycles. The van der Waals surface area contributed by atoms with Crippen LogP contribution in [0.1, 0.15) is 38.4 Å². The van der Waals surface area contributed by atoms with E-state index in [4.69, 9.17) is 5.73 Å². The van der Waals surface area contributed by atoms with Crippen LogP contribution in [0.15, 0.2) is 6.07 Å². The molecule has 1 aromatic heterocycles. The quantitative estimate of drug-likeness (QED) is 0.848. The molecule has 0 aromatic carbocycles. The lowest BCUT2D eigenvalue weighted by atomic mass is 10.0. The molecule has 1 amide bonds. The van der Waals surface area contributed by atoms with Gasteiger partial charge in [-0.15, -0.1) is 0 Å². The second-order valence-electron chi connectivity index (χ2n) is 5.13. The first-order valence-corrected chi connectivity index (χ1v) is 7.27. The van der Waals surface area contributed by atoms with Crippen LogP contribution in [-0.2, 0) is 11.2 Å². The van der Waals surface area contributed by atoms with E-state index in [1.807, 2.05) is 18.0 Å². The summed E-state index contributed by atoms with van der Waals surface area (Å²) in [5.74, 6) is 2.12. The van der Waals surface area contributed by atoms with Gasteiger partial charge in [0.2, 0.25) is 5.91 Å². The Morgan fingerprint density at radius 3 is 2.95 bits per heavy atom. The minimum absolute atomic E-state index is 0.252. The van der Waals surface area contributed by atoms with Crippen molar-refractivity contribution in [2.45, 2.75) is 45.1 Å². The second kappa shape index (κ2) is 6.54. The van der Waals surface area contributed by atoms with Crippen molar-refractivity contribution in [3.05, 3.63) is 11.9 Å². The van der Waals surface area contributed by atoms with Gasteiger partial charge in [-0.1, -0.05) is 6.92 Å². The van der Waals surface area contributed by atoms with Crippen LogP contribution in [0.3, 0.4) is 0 Å². The number of nitrogens with two attached hydrogens (primary N) is 1. The Balaban J connectivity index is 2.33. The second-order valence-corrected chi connectivity index (χ2v) is 5.13. The molecule has 1 fully saturated rings. The number of rotatable bonds is 5. The van der Waals surface area contributed by atoms with Gasteiger partial charge in [0.1, 0.15) is 23.5 Å². The minimum Gasteiger partial charge on any atom is -0.373 e. The molecule has 3 N–H and O–H groups in total. The van der Waals surface area contributed by atoms with E-state index < -0.39 is 0 Å². The molecule has 1 unspecified atom stereocenters. The van der Waals surface area contributed by atoms with Crippen LogP contribution in [0.25, 0.3) is 0 Å². The number of carbonyl (C=O) groups excluding carboxylic acids is 1. The minimum atomic E-state index is -0.272. The van der Waals surface area contributed by atoms with Gasteiger partial charge in [0, 0.05) is 26.1 Å². The van der Waals surface area contributed by atoms with Gasteiger partial charge in [0.15, 0.2) is 0 Å². The topological polar surface area (TPSA) is 84.1 Å². The number of aryl methyl sites for hydroxylation is 1. The maximum atomic E-state index is 11.6. The van der Waals surface area contributed by atoms with E-state index in [2.05, 4.69) is 22.2 Å². The van der Waals surface area contributed by atoms with Crippen molar-refractivity contribution in [1.82, 2.24) is 9.97 Å². The molecule has 110 valence electrons. The third-order valence-electron chi connectivity index (χ3n) is 3.61. The molecular formula is C14H23N5O. The Morgan fingerprint density at radius 2 is 2.30 bits per heavy atom. The Hall–Kier alpha value is -1.85. The predicted molar refractivity (Wildman–Crippen MR) is 79.8 cm³/mol. The first kappa shape index (κ1) is 14.6. The fourth-order valence-corrected chi connectivity index (χ4v) is 2.60. The summed E-state index contributed by atoms with van der Waals surface area (Å²) in [6, 6.07) is 1.64. The summed E-state index contributed by atoms with van der Waals surface area (Å²) in [6.45, 7) is 2.92. The number of nitrogens with one attached hydrogen (secondary N) is 1. The summed E-state index contributed by atoms with van der Waals surface area (Å²) < 4.78 is 0. The fraction of sp³-hybridized carbons (Fsp3) is 0.643. The van der Waals surface area contributed by atoms with Crippen molar-refractivity contribution in [1.29, 1.82) is 0 Å². The number of carbonyl (C=O) groups is 1. The van der Waals surface area contributed by atoms with Crippen molar-refractivity contribution in [2.75, 3.05) is 23.8 Å². The molecule has 0 spiro atoms. The van der Waals surface area contributed by atoms with Crippen LogP contribution < -0.4 is 16.0 Å². The average Bonchev–Trinajstić information content (AvgIpc) is 2.47. The molecular weight excluding hydrogens is 254 g/mol. The van der Waals surface area contributed by atoms with Crippen molar-refractivity contribution in [2.24, 2.45) is 5.73 Å². The van der Waals surface area contributed by atoms with Gasteiger partial charge >= 0.3 is 0 Å². The van der Waals surface area contributed by atoms with E-state index in [0.29, 0.717) is 0 Å². The monoisotopic (exact) mass is 277 g/mol. The molecule has 0 radical (unpaired) electrons. The molecule has 6 nitrogen and oxygen atoms in total. The van der Waals surface area contributed by atoms with Gasteiger partial charge in [-0.3, -0.25) is 4.79 Å². The standard InChI is InChI=1S/C14H23N5O/c1-3-6-11-17-12(16-2)9-13(18-11)19-8-5-4-7-10(19)14(15)20/h9-10H,3-8H2,1-2H3,(H2,15,20)(H,16,17,18). The summed E-state index contributed by atoms with van der Waals surface area (Å²) in [7, 11) is 1.84. The molecule has 6 heteroatoms. The number of nitrogens with zero attached hydrogens (tertiary/aromatic N) is 3. The van der Waals surface area contributed by atoms with Gasteiger partial charge in [0.25, 0.3) is 0 Å². The smallest absolute Gasteiger partial charge is 0.240 e. The third kappa shape index (κ3) is 3.18. The largest absolute Gasteiger partial charge is 0.373 e. The van der Waals surface area contributed by atoms with Crippen LogP contribution in [0.4, 0.5) is 11.6 Å². The van der Waals surface area contributed by atoms with E-state index in [0.717, 1.165) is 56.1 Å². The van der Waals surface area contributed by atoms with Crippen molar-refractivity contribution in [3.63, 3.8) is 0 Å². The molecule has 1 aliphatic heterocycles. The van der Waals surface area contributed by atoms with Crippen LogP contribution in [0.2, 0.25) is 0 Å². The zero-order valence-electron chi connectivity index (χ0n) is 12.2. The molecule has 1 aromatic rings. The molecule has 1 aliphatic rings. The van der Waals surface area contributed by atoms with Crippen molar-refractivity contribution >= 4 is 17.5 Å². The molecule has 20 heavy (non-hydrogen) atoms. The summed E-state index contributed by atoms with van der Waals surface area (Å²) >= 11 is 0. The van der Waals surface area contributed by atoms with Gasteiger partial charge < -0.3 is 16.0 Å². The lowest BCUT2D eigenvalue weighted by Gasteiger charge is -2.34. The lowest BCUT2D eigenvalue weighted by molar-refractivity contribution is -0.119. The summed E-state index contributed by atoms with van der Waals surface area (Å²) in [6.07, 6.45) is 4.72. The molecule has 0 bridgehead atoms. The molecule has 1 atom stereocenters. The third-order valence-corrected chi connectivity index (χ3v) is 3.61. The first-order valence-electron chi connectivity index (χ1n) is 7.27. The Morgan fingerprint density at radius 1 is 1.50 bits per heavy atom. The fourth-order valence-electron chi connectivity index (χ4n) is 2.60. The summed E-state index contributed by atoms with van der Waals surface area (Å²) in [5.41, 5.74) is 5.52. The van der Waals surface area contributed by atoms with Gasteiger partial charge in [0.05, 0.1) is 0 Å². The number of hydrogen-bond acceptors (Lipinski definition) is 5. The molecule has 2 rings (SSSR count). The number of amides is 1. The zero-order valence-corrected chi connectivity index (χ0v) is 12.2. The van der Waals surface area contributed by atoms with Gasteiger partial charge in [-0.05, 0) is 25.7 Å². The van der Waals surface area contributed by atoms with E-state index in [1.165, 1.54) is 0 Å². The predicted octanol–water partition coefficient (Wildman–Crippen LogP) is 1.31. The van der Waals surface area contributed by atoms with Crippen molar-refractivity contribution in [3.8, 4) is 0 Å². The highest BCUT2D eigenvalue weighted by Crippen LogP contribution is 2.25. The number of primary amides is 1. The van der Waals surface area contributed by atoms with E-state index in [9.17, 15) is 4.79 Å². The SMILES string of the molecule is CCCc1nc(NC)cc(N2CCCCC2C(N)=O)n1. The molecule has 0 aliphatic carbocycles. The number of piperidine rings is 1. The van der Waals surface area contributed by atoms with Crippen LogP contribution in [-0.4, -0.2) is 35.5 Å². The van der Waals surface area contributed by atoms with Crippen LogP contribution >= 0.6 is 0 Å². The molecule has 0 saturated carbocycles. The normalized spacial score (nSPS) is 18.9. The van der Waals surface area contributed by atoms with Crippen LogP contribution in [0, 0.1) is 0 Å². The van der Waals surface area contributed by atoms with E-state index in [-0.39, 0.29) is 11.9 Å².